The first-order valence-electron chi connectivity index (χ1n) is 5.09. The maximum Gasteiger partial charge on any atom is -0.0251 e. The zero-order valence-corrected chi connectivity index (χ0v) is 8.56. The molecule has 0 spiro atoms. The van der Waals surface area contributed by atoms with Crippen molar-refractivity contribution in [1.82, 2.24) is 0 Å². The van der Waals surface area contributed by atoms with Gasteiger partial charge < -0.3 is 0 Å². The Balaban J connectivity index is 2.67. The van der Waals surface area contributed by atoms with E-state index in [1.807, 2.05) is 0 Å². The van der Waals surface area contributed by atoms with Gasteiger partial charge in [-0.05, 0) is 44.6 Å². The summed E-state index contributed by atoms with van der Waals surface area (Å²) in [7, 11) is 0. The van der Waals surface area contributed by atoms with Crippen LogP contribution in [0.1, 0.15) is 46.5 Å². The molecule has 0 aromatic rings. The molecule has 1 rings (SSSR count). The Hall–Kier alpha value is -0.520. The maximum absolute atomic E-state index is 2.30. The van der Waals surface area contributed by atoms with Crippen LogP contribution in [-0.4, -0.2) is 0 Å². The third-order valence-corrected chi connectivity index (χ3v) is 2.93. The summed E-state index contributed by atoms with van der Waals surface area (Å²) in [6.07, 6.45) is 9.83. The van der Waals surface area contributed by atoms with Crippen LogP contribution < -0.4 is 0 Å². The first kappa shape index (κ1) is 9.57. The molecule has 0 unspecified atom stereocenters. The van der Waals surface area contributed by atoms with Gasteiger partial charge in [-0.15, -0.1) is 0 Å². The molecule has 0 fully saturated rings. The molecule has 0 radical (unpaired) electrons. The van der Waals surface area contributed by atoms with Crippen molar-refractivity contribution in [1.29, 1.82) is 0 Å². The van der Waals surface area contributed by atoms with Crippen LogP contribution in [-0.2, 0) is 0 Å². The van der Waals surface area contributed by atoms with Crippen LogP contribution in [0.3, 0.4) is 0 Å². The molecule has 0 nitrogen and oxygen atoms in total. The second-order valence-electron chi connectivity index (χ2n) is 3.82. The number of allylic oxidation sites excluding steroid dienone is 4. The summed E-state index contributed by atoms with van der Waals surface area (Å²) in [5.41, 5.74) is 3.20. The highest BCUT2D eigenvalue weighted by atomic mass is 14.2. The molecule has 12 heavy (non-hydrogen) atoms. The fourth-order valence-electron chi connectivity index (χ4n) is 1.93. The minimum atomic E-state index is 0.944. The molecule has 1 aliphatic carbocycles. The number of hydrogen-bond acceptors (Lipinski definition) is 0. The van der Waals surface area contributed by atoms with Crippen molar-refractivity contribution < 1.29 is 0 Å². The van der Waals surface area contributed by atoms with Gasteiger partial charge in [-0.3, -0.25) is 0 Å². The summed E-state index contributed by atoms with van der Waals surface area (Å²) in [5, 5.41) is 0. The van der Waals surface area contributed by atoms with Crippen LogP contribution in [0.25, 0.3) is 0 Å². The van der Waals surface area contributed by atoms with Gasteiger partial charge in [0.1, 0.15) is 0 Å². The summed E-state index contributed by atoms with van der Waals surface area (Å²) >= 11 is 0. The Morgan fingerprint density at radius 1 is 1.50 bits per heavy atom. The van der Waals surface area contributed by atoms with Crippen LogP contribution in [0.5, 0.6) is 0 Å². The highest BCUT2D eigenvalue weighted by Gasteiger charge is 2.15. The second-order valence-corrected chi connectivity index (χ2v) is 3.82. The molecule has 0 heteroatoms. The molecule has 1 atom stereocenters. The van der Waals surface area contributed by atoms with Gasteiger partial charge in [0, 0.05) is 0 Å². The van der Waals surface area contributed by atoms with Crippen molar-refractivity contribution in [3.05, 3.63) is 23.3 Å². The fraction of sp³-hybridized carbons (Fsp3) is 0.667. The Morgan fingerprint density at radius 2 is 2.25 bits per heavy atom. The third kappa shape index (κ3) is 2.23. The van der Waals surface area contributed by atoms with Crippen LogP contribution in [0.2, 0.25) is 0 Å². The summed E-state index contributed by atoms with van der Waals surface area (Å²) in [5.74, 6) is 0.944. The van der Waals surface area contributed by atoms with Gasteiger partial charge in [-0.1, -0.05) is 31.1 Å². The fourth-order valence-corrected chi connectivity index (χ4v) is 1.93. The third-order valence-electron chi connectivity index (χ3n) is 2.93. The Morgan fingerprint density at radius 3 is 2.83 bits per heavy atom. The summed E-state index contributed by atoms with van der Waals surface area (Å²) in [6.45, 7) is 6.69. The smallest absolute Gasteiger partial charge is 0.0251 e. The van der Waals surface area contributed by atoms with Crippen LogP contribution in [0.15, 0.2) is 23.3 Å². The van der Waals surface area contributed by atoms with Crippen LogP contribution in [0.4, 0.5) is 0 Å². The Bertz CT molecular complexity index is 196. The standard InChI is InChI=1S/C12H20/c1-4-6-12-9-11(5-2)8-7-10(12)3/h4,6,11H,5,7-9H2,1-3H3/t11-/m1/s1. The van der Waals surface area contributed by atoms with Crippen LogP contribution in [0, 0.1) is 5.92 Å². The highest BCUT2D eigenvalue weighted by Crippen LogP contribution is 2.31. The molecule has 0 aromatic heterocycles. The van der Waals surface area contributed by atoms with E-state index < -0.39 is 0 Å². The highest BCUT2D eigenvalue weighted by molar-refractivity contribution is 5.26. The predicted molar refractivity (Wildman–Crippen MR) is 55.1 cm³/mol. The van der Waals surface area contributed by atoms with Gasteiger partial charge in [-0.25, -0.2) is 0 Å². The van der Waals surface area contributed by atoms with E-state index in [0.29, 0.717) is 0 Å². The van der Waals surface area contributed by atoms with E-state index in [0.717, 1.165) is 5.92 Å². The largest absolute Gasteiger partial charge is 0.0874 e. The van der Waals surface area contributed by atoms with Crippen LogP contribution >= 0.6 is 0 Å². The van der Waals surface area contributed by atoms with E-state index in [1.165, 1.54) is 25.7 Å². The zero-order chi connectivity index (χ0) is 8.97. The van der Waals surface area contributed by atoms with Gasteiger partial charge in [0.25, 0.3) is 0 Å². The SMILES string of the molecule is CC=CC1=C(C)CC[C@@H](CC)C1. The molecule has 0 amide bonds. The first-order valence-corrected chi connectivity index (χ1v) is 5.09. The minimum absolute atomic E-state index is 0.944. The van der Waals surface area contributed by atoms with E-state index in [-0.39, 0.29) is 0 Å². The summed E-state index contributed by atoms with van der Waals surface area (Å²) in [6, 6.07) is 0. The van der Waals surface area contributed by atoms with Crippen molar-refractivity contribution in [2.24, 2.45) is 5.92 Å². The van der Waals surface area contributed by atoms with Gasteiger partial charge >= 0.3 is 0 Å². The average molecular weight is 164 g/mol. The Labute approximate surface area is 76.4 Å². The van der Waals surface area contributed by atoms with Gasteiger partial charge in [0.15, 0.2) is 0 Å². The van der Waals surface area contributed by atoms with E-state index in [9.17, 15) is 0 Å². The summed E-state index contributed by atoms with van der Waals surface area (Å²) in [4.78, 5) is 0. The Kier molecular flexibility index (Phi) is 3.58. The molecule has 0 bridgehead atoms. The molecule has 0 aliphatic heterocycles. The maximum atomic E-state index is 2.30. The monoisotopic (exact) mass is 164 g/mol. The molecule has 0 aromatic carbocycles. The first-order chi connectivity index (χ1) is 5.77. The van der Waals surface area contributed by atoms with E-state index >= 15 is 0 Å². The molecular weight excluding hydrogens is 144 g/mol. The van der Waals surface area contributed by atoms with E-state index in [2.05, 4.69) is 32.9 Å². The molecule has 0 N–H and O–H groups in total. The van der Waals surface area contributed by atoms with Gasteiger partial charge in [0.2, 0.25) is 0 Å². The lowest BCUT2D eigenvalue weighted by atomic mass is 9.83. The lowest BCUT2D eigenvalue weighted by Crippen LogP contribution is -2.07. The quantitative estimate of drug-likeness (QED) is 0.576. The molecule has 1 aliphatic rings. The topological polar surface area (TPSA) is 0 Å². The van der Waals surface area contributed by atoms with Crippen molar-refractivity contribution >= 4 is 0 Å². The number of hydrogen-bond donors (Lipinski definition) is 0. The number of rotatable bonds is 2. The van der Waals surface area contributed by atoms with Gasteiger partial charge in [0.05, 0.1) is 0 Å². The minimum Gasteiger partial charge on any atom is -0.0874 e. The molecule has 0 saturated heterocycles. The van der Waals surface area contributed by atoms with E-state index in [1.54, 1.807) is 11.1 Å². The van der Waals surface area contributed by atoms with Crippen molar-refractivity contribution in [3.63, 3.8) is 0 Å². The lowest BCUT2D eigenvalue weighted by Gasteiger charge is -2.23. The van der Waals surface area contributed by atoms with Crippen molar-refractivity contribution in [2.75, 3.05) is 0 Å². The predicted octanol–water partition coefficient (Wildman–Crippen LogP) is 4.09. The molecule has 68 valence electrons. The average Bonchev–Trinajstić information content (AvgIpc) is 2.09. The molecule has 0 heterocycles. The normalized spacial score (nSPS) is 25.4. The van der Waals surface area contributed by atoms with E-state index in [4.69, 9.17) is 0 Å². The van der Waals surface area contributed by atoms with Crippen molar-refractivity contribution in [2.45, 2.75) is 46.5 Å². The second kappa shape index (κ2) is 4.49. The summed E-state index contributed by atoms with van der Waals surface area (Å²) < 4.78 is 0. The molecular formula is C12H20. The lowest BCUT2D eigenvalue weighted by molar-refractivity contribution is 0.446. The van der Waals surface area contributed by atoms with Crippen molar-refractivity contribution in [3.8, 4) is 0 Å². The molecule has 0 saturated carbocycles. The van der Waals surface area contributed by atoms with Gasteiger partial charge in [-0.2, -0.15) is 0 Å². The zero-order valence-electron chi connectivity index (χ0n) is 8.56.